The highest BCUT2D eigenvalue weighted by atomic mass is 32.1. The molecule has 5 nitrogen and oxygen atoms in total. The second kappa shape index (κ2) is 6.45. The van der Waals surface area contributed by atoms with Crippen LogP contribution in [0.3, 0.4) is 0 Å². The number of thiazole rings is 1. The molecule has 2 rings (SSSR count). The molecule has 1 amide bonds. The van der Waals surface area contributed by atoms with E-state index in [2.05, 4.69) is 15.3 Å². The van der Waals surface area contributed by atoms with Crippen molar-refractivity contribution in [2.45, 2.75) is 32.9 Å². The van der Waals surface area contributed by atoms with Gasteiger partial charge in [0.1, 0.15) is 0 Å². The van der Waals surface area contributed by atoms with E-state index in [1.165, 1.54) is 0 Å². The molecule has 1 fully saturated rings. The summed E-state index contributed by atoms with van der Waals surface area (Å²) >= 11 is 1.69. The maximum Gasteiger partial charge on any atom is 0.239 e. The van der Waals surface area contributed by atoms with Crippen LogP contribution in [0.1, 0.15) is 24.0 Å². The van der Waals surface area contributed by atoms with Gasteiger partial charge in [0.2, 0.25) is 5.91 Å². The van der Waals surface area contributed by atoms with Crippen molar-refractivity contribution in [2.75, 3.05) is 26.2 Å². The molecule has 1 saturated heterocycles. The Morgan fingerprint density at radius 2 is 2.26 bits per heavy atom. The average molecular weight is 282 g/mol. The number of hydrogen-bond acceptors (Lipinski definition) is 5. The highest BCUT2D eigenvalue weighted by molar-refractivity contribution is 7.09. The first-order chi connectivity index (χ1) is 9.06. The van der Waals surface area contributed by atoms with Crippen LogP contribution >= 0.6 is 11.3 Å². The quantitative estimate of drug-likeness (QED) is 0.892. The maximum absolute atomic E-state index is 11.9. The number of aromatic nitrogens is 1. The molecule has 19 heavy (non-hydrogen) atoms. The molecule has 1 aromatic heterocycles. The lowest BCUT2D eigenvalue weighted by Gasteiger charge is -2.23. The van der Waals surface area contributed by atoms with Crippen molar-refractivity contribution in [1.29, 1.82) is 0 Å². The molecule has 2 N–H and O–H groups in total. The zero-order valence-electron chi connectivity index (χ0n) is 11.6. The lowest BCUT2D eigenvalue weighted by molar-refractivity contribution is -0.132. The Bertz CT molecular complexity index is 432. The first-order valence-corrected chi connectivity index (χ1v) is 7.62. The monoisotopic (exact) mass is 282 g/mol. The minimum Gasteiger partial charge on any atom is -0.340 e. The molecule has 1 aliphatic rings. The van der Waals surface area contributed by atoms with Crippen LogP contribution in [0.5, 0.6) is 0 Å². The summed E-state index contributed by atoms with van der Waals surface area (Å²) in [6.07, 6.45) is 1.00. The lowest BCUT2D eigenvalue weighted by atomic mass is 10.3. The Morgan fingerprint density at radius 1 is 1.47 bits per heavy atom. The third-order valence-electron chi connectivity index (χ3n) is 3.34. The minimum absolute atomic E-state index is 0.0614. The number of amides is 1. The summed E-state index contributed by atoms with van der Waals surface area (Å²) in [6.45, 7) is 8.15. The van der Waals surface area contributed by atoms with E-state index in [0.29, 0.717) is 0 Å². The van der Waals surface area contributed by atoms with Crippen LogP contribution in [0, 0.1) is 6.92 Å². The Balaban J connectivity index is 1.88. The molecule has 0 unspecified atom stereocenters. The lowest BCUT2D eigenvalue weighted by Crippen LogP contribution is -2.43. The molecule has 0 radical (unpaired) electrons. The fraction of sp³-hybridized carbons (Fsp3) is 0.692. The van der Waals surface area contributed by atoms with Gasteiger partial charge < -0.3 is 10.6 Å². The van der Waals surface area contributed by atoms with Crippen LogP contribution in [0.25, 0.3) is 0 Å². The van der Waals surface area contributed by atoms with E-state index < -0.39 is 6.04 Å². The van der Waals surface area contributed by atoms with Crippen LogP contribution < -0.4 is 5.73 Å². The largest absolute Gasteiger partial charge is 0.340 e. The van der Waals surface area contributed by atoms with Crippen molar-refractivity contribution in [1.82, 2.24) is 14.8 Å². The number of nitrogens with two attached hydrogens (primary N) is 1. The topological polar surface area (TPSA) is 62.5 Å². The molecule has 1 atom stereocenters. The fourth-order valence-corrected chi connectivity index (χ4v) is 2.95. The summed E-state index contributed by atoms with van der Waals surface area (Å²) < 4.78 is 0. The maximum atomic E-state index is 11.9. The molecule has 2 heterocycles. The Morgan fingerprint density at radius 3 is 2.89 bits per heavy atom. The van der Waals surface area contributed by atoms with Crippen LogP contribution in [-0.2, 0) is 11.3 Å². The normalized spacial score (nSPS) is 19.2. The third kappa shape index (κ3) is 3.99. The van der Waals surface area contributed by atoms with Crippen molar-refractivity contribution in [2.24, 2.45) is 5.73 Å². The van der Waals surface area contributed by atoms with Gasteiger partial charge in [0, 0.05) is 38.1 Å². The summed E-state index contributed by atoms with van der Waals surface area (Å²) in [5.74, 6) is 0.0614. The van der Waals surface area contributed by atoms with E-state index in [4.69, 9.17) is 5.73 Å². The molecular formula is C13H22N4OS. The van der Waals surface area contributed by atoms with E-state index in [-0.39, 0.29) is 5.91 Å². The van der Waals surface area contributed by atoms with Gasteiger partial charge in [0.15, 0.2) is 0 Å². The third-order valence-corrected chi connectivity index (χ3v) is 4.16. The van der Waals surface area contributed by atoms with Gasteiger partial charge in [-0.2, -0.15) is 0 Å². The molecule has 6 heteroatoms. The minimum atomic E-state index is -0.396. The SMILES string of the molecule is Cc1nc(CN2CCCN(C(=O)[C@@H](C)N)CC2)cs1. The van der Waals surface area contributed by atoms with Gasteiger partial charge in [0.25, 0.3) is 0 Å². The van der Waals surface area contributed by atoms with Gasteiger partial charge in [-0.1, -0.05) is 0 Å². The summed E-state index contributed by atoms with van der Waals surface area (Å²) in [7, 11) is 0. The van der Waals surface area contributed by atoms with Gasteiger partial charge in [-0.25, -0.2) is 4.98 Å². The van der Waals surface area contributed by atoms with Crippen molar-refractivity contribution in [3.63, 3.8) is 0 Å². The molecule has 0 bridgehead atoms. The second-order valence-electron chi connectivity index (χ2n) is 5.10. The number of rotatable bonds is 3. The van der Waals surface area contributed by atoms with E-state index >= 15 is 0 Å². The number of carbonyl (C=O) groups excluding carboxylic acids is 1. The molecule has 1 aromatic rings. The van der Waals surface area contributed by atoms with E-state index in [9.17, 15) is 4.79 Å². The Kier molecular flexibility index (Phi) is 4.90. The van der Waals surface area contributed by atoms with Crippen LogP contribution in [-0.4, -0.2) is 52.9 Å². The van der Waals surface area contributed by atoms with Gasteiger partial charge in [-0.3, -0.25) is 9.69 Å². The standard InChI is InChI=1S/C13H22N4OS/c1-10(14)13(18)17-5-3-4-16(6-7-17)8-12-9-19-11(2)15-12/h9-10H,3-8,14H2,1-2H3/t10-/m1/s1. The highest BCUT2D eigenvalue weighted by Gasteiger charge is 2.21. The summed E-state index contributed by atoms with van der Waals surface area (Å²) in [6, 6.07) is -0.396. The smallest absolute Gasteiger partial charge is 0.239 e. The number of hydrogen-bond donors (Lipinski definition) is 1. The molecule has 0 saturated carbocycles. The van der Waals surface area contributed by atoms with Gasteiger partial charge in [0.05, 0.1) is 16.7 Å². The van der Waals surface area contributed by atoms with Crippen LogP contribution in [0.15, 0.2) is 5.38 Å². The van der Waals surface area contributed by atoms with Crippen molar-refractivity contribution in [3.8, 4) is 0 Å². The molecular weight excluding hydrogens is 260 g/mol. The van der Waals surface area contributed by atoms with Crippen molar-refractivity contribution in [3.05, 3.63) is 16.1 Å². The van der Waals surface area contributed by atoms with Crippen LogP contribution in [0.4, 0.5) is 0 Å². The zero-order chi connectivity index (χ0) is 13.8. The van der Waals surface area contributed by atoms with Crippen molar-refractivity contribution >= 4 is 17.2 Å². The predicted molar refractivity (Wildman–Crippen MR) is 77.0 cm³/mol. The number of aryl methyl sites for hydroxylation is 1. The number of carbonyl (C=O) groups is 1. The molecule has 0 spiro atoms. The first kappa shape index (κ1) is 14.4. The Labute approximate surface area is 118 Å². The van der Waals surface area contributed by atoms with Crippen molar-refractivity contribution < 1.29 is 4.79 Å². The van der Waals surface area contributed by atoms with Gasteiger partial charge in [-0.05, 0) is 20.3 Å². The summed E-state index contributed by atoms with van der Waals surface area (Å²) in [5, 5.41) is 3.23. The molecule has 106 valence electrons. The zero-order valence-corrected chi connectivity index (χ0v) is 12.4. The van der Waals surface area contributed by atoms with Crippen LogP contribution in [0.2, 0.25) is 0 Å². The highest BCUT2D eigenvalue weighted by Crippen LogP contribution is 2.12. The first-order valence-electron chi connectivity index (χ1n) is 6.74. The second-order valence-corrected chi connectivity index (χ2v) is 6.16. The number of nitrogens with zero attached hydrogens (tertiary/aromatic N) is 3. The van der Waals surface area contributed by atoms with E-state index in [1.54, 1.807) is 18.3 Å². The molecule has 0 aliphatic carbocycles. The molecule has 1 aliphatic heterocycles. The predicted octanol–water partition coefficient (Wildman–Crippen LogP) is 0.833. The van der Waals surface area contributed by atoms with Gasteiger partial charge in [-0.15, -0.1) is 11.3 Å². The summed E-state index contributed by atoms with van der Waals surface area (Å²) in [4.78, 5) is 20.6. The van der Waals surface area contributed by atoms with Gasteiger partial charge >= 0.3 is 0 Å². The Hall–Kier alpha value is -0.980. The van der Waals surface area contributed by atoms with E-state index in [1.807, 2.05) is 11.8 Å². The molecule has 0 aromatic carbocycles. The summed E-state index contributed by atoms with van der Waals surface area (Å²) in [5.41, 5.74) is 6.80. The van der Waals surface area contributed by atoms with E-state index in [0.717, 1.165) is 49.8 Å². The fourth-order valence-electron chi connectivity index (χ4n) is 2.35. The average Bonchev–Trinajstić information content (AvgIpc) is 2.63.